The normalized spacial score (nSPS) is 32.8. The Kier molecular flexibility index (Phi) is 4.39. The van der Waals surface area contributed by atoms with Gasteiger partial charge in [0.1, 0.15) is 11.4 Å². The minimum absolute atomic E-state index is 0. The number of thioether (sulfide) groups is 1. The molecule has 0 aliphatic carbocycles. The highest BCUT2D eigenvalue weighted by molar-refractivity contribution is 8.14. The topological polar surface area (TPSA) is 47.6 Å². The second-order valence-corrected chi connectivity index (χ2v) is 6.52. The van der Waals surface area contributed by atoms with Crippen molar-refractivity contribution in [3.8, 4) is 0 Å². The highest BCUT2D eigenvalue weighted by Gasteiger charge is 2.49. The summed E-state index contributed by atoms with van der Waals surface area (Å²) in [6.07, 6.45) is 0.888. The highest BCUT2D eigenvalue weighted by atomic mass is 32.2. The molecule has 0 bridgehead atoms. The third-order valence-corrected chi connectivity index (χ3v) is 5.07. The number of hydrogen-bond donors (Lipinski definition) is 1. The van der Waals surface area contributed by atoms with Crippen molar-refractivity contribution in [3.63, 3.8) is 0 Å². The second kappa shape index (κ2) is 5.74. The molecule has 0 spiro atoms. The maximum atomic E-state index is 14.2. The fourth-order valence-electron chi connectivity index (χ4n) is 3.17. The quantitative estimate of drug-likeness (QED) is 0.866. The average Bonchev–Trinajstić information content (AvgIpc) is 2.38. The van der Waals surface area contributed by atoms with Crippen molar-refractivity contribution >= 4 is 16.9 Å². The molecule has 0 aromatic heterocycles. The van der Waals surface area contributed by atoms with E-state index in [-0.39, 0.29) is 19.2 Å². The van der Waals surface area contributed by atoms with Crippen LogP contribution in [0.1, 0.15) is 26.3 Å². The average molecular weight is 296 g/mol. The molecule has 3 rings (SSSR count). The zero-order valence-electron chi connectivity index (χ0n) is 10.8. The number of benzene rings is 1. The lowest BCUT2D eigenvalue weighted by molar-refractivity contribution is -0.00420. The Balaban J connectivity index is 0.00000147. The predicted octanol–water partition coefficient (Wildman–Crippen LogP) is 3.14. The Morgan fingerprint density at radius 1 is 1.45 bits per heavy atom. The van der Waals surface area contributed by atoms with E-state index < -0.39 is 5.54 Å². The first-order valence-corrected chi connectivity index (χ1v) is 7.36. The molecule has 2 N–H and O–H groups in total. The third-order valence-electron chi connectivity index (χ3n) is 4.03. The van der Waals surface area contributed by atoms with Crippen LogP contribution in [0, 0.1) is 11.7 Å². The largest absolute Gasteiger partial charge is 0.379 e. The number of ether oxygens (including phenoxy) is 1. The second-order valence-electron chi connectivity index (χ2n) is 5.12. The van der Waals surface area contributed by atoms with Crippen LogP contribution in [0.5, 0.6) is 0 Å². The van der Waals surface area contributed by atoms with Crippen molar-refractivity contribution in [1.82, 2.24) is 0 Å². The molecule has 3 atom stereocenters. The van der Waals surface area contributed by atoms with E-state index in [1.165, 1.54) is 6.07 Å². The van der Waals surface area contributed by atoms with Crippen LogP contribution in [0.15, 0.2) is 29.3 Å². The lowest BCUT2D eigenvalue weighted by Crippen LogP contribution is -2.50. The summed E-state index contributed by atoms with van der Waals surface area (Å²) in [6, 6.07) is 6.82. The molecule has 2 heterocycles. The molecule has 1 aromatic rings. The Labute approximate surface area is 123 Å². The molecular formula is C15H21FN2OS. The maximum Gasteiger partial charge on any atom is 0.155 e. The Hall–Kier alpha value is -1.07. The van der Waals surface area contributed by atoms with Gasteiger partial charge in [0.15, 0.2) is 5.17 Å². The molecule has 0 saturated carbocycles. The van der Waals surface area contributed by atoms with Crippen molar-refractivity contribution < 1.29 is 9.13 Å². The van der Waals surface area contributed by atoms with Crippen LogP contribution in [0.4, 0.5) is 4.39 Å². The van der Waals surface area contributed by atoms with E-state index in [0.29, 0.717) is 29.2 Å². The van der Waals surface area contributed by atoms with Gasteiger partial charge in [0.25, 0.3) is 0 Å². The number of halogens is 1. The van der Waals surface area contributed by atoms with Gasteiger partial charge in [-0.15, -0.1) is 0 Å². The first kappa shape index (κ1) is 15.3. The molecule has 0 amide bonds. The van der Waals surface area contributed by atoms with Gasteiger partial charge in [-0.1, -0.05) is 44.3 Å². The van der Waals surface area contributed by atoms with Crippen molar-refractivity contribution in [2.24, 2.45) is 16.6 Å². The number of rotatable bonds is 1. The van der Waals surface area contributed by atoms with Gasteiger partial charge in [0, 0.05) is 23.3 Å². The van der Waals surface area contributed by atoms with E-state index in [4.69, 9.17) is 10.5 Å². The van der Waals surface area contributed by atoms with E-state index in [9.17, 15) is 4.39 Å². The maximum absolute atomic E-state index is 14.2. The van der Waals surface area contributed by atoms with E-state index in [2.05, 4.69) is 11.9 Å². The number of nitrogens with zero attached hydrogens (tertiary/aromatic N) is 1. The molecule has 0 radical (unpaired) electrons. The van der Waals surface area contributed by atoms with E-state index in [0.717, 1.165) is 6.42 Å². The Morgan fingerprint density at radius 2 is 2.20 bits per heavy atom. The molecule has 2 aliphatic rings. The van der Waals surface area contributed by atoms with Gasteiger partial charge < -0.3 is 10.5 Å². The number of amidine groups is 1. The fraction of sp³-hybridized carbons (Fsp3) is 0.533. The first-order valence-electron chi connectivity index (χ1n) is 6.48. The van der Waals surface area contributed by atoms with Crippen molar-refractivity contribution in [2.45, 2.75) is 31.6 Å². The summed E-state index contributed by atoms with van der Waals surface area (Å²) in [7, 11) is 0. The Bertz CT molecular complexity index is 522. The number of aliphatic imine (C=N–C) groups is 1. The predicted molar refractivity (Wildman–Crippen MR) is 82.4 cm³/mol. The summed E-state index contributed by atoms with van der Waals surface area (Å²) < 4.78 is 19.8. The van der Waals surface area contributed by atoms with Gasteiger partial charge in [0.05, 0.1) is 6.61 Å². The fourth-order valence-corrected chi connectivity index (χ4v) is 4.29. The molecule has 0 unspecified atom stereocenters. The number of hydrogen-bond acceptors (Lipinski definition) is 4. The minimum Gasteiger partial charge on any atom is -0.379 e. The molecule has 2 aliphatic heterocycles. The summed E-state index contributed by atoms with van der Waals surface area (Å²) in [6.45, 7) is 3.25. The molecule has 20 heavy (non-hydrogen) atoms. The molecule has 5 heteroatoms. The van der Waals surface area contributed by atoms with Crippen LogP contribution in [0.2, 0.25) is 0 Å². The smallest absolute Gasteiger partial charge is 0.155 e. The van der Waals surface area contributed by atoms with E-state index in [1.54, 1.807) is 23.9 Å². The SMILES string of the molecule is C.C[C@@H]1SC(N)=N[C@@]2(c3ccccc3F)COCC[C@@H]12. The van der Waals surface area contributed by atoms with E-state index >= 15 is 0 Å². The van der Waals surface area contributed by atoms with Gasteiger partial charge in [-0.05, 0) is 12.5 Å². The molecule has 1 aromatic carbocycles. The third kappa shape index (κ3) is 2.33. The summed E-state index contributed by atoms with van der Waals surface area (Å²) in [5.41, 5.74) is 5.89. The monoisotopic (exact) mass is 296 g/mol. The zero-order valence-corrected chi connectivity index (χ0v) is 11.6. The standard InChI is InChI=1S/C14H17FN2OS.CH4/c1-9-10-6-7-18-8-14(10,17-13(16)19-9)11-4-2-3-5-12(11)15;/h2-5,9-10H,6-8H2,1H3,(H2,16,17);1H4/t9-,10-,14-;/m0./s1. The van der Waals surface area contributed by atoms with Crippen molar-refractivity contribution in [2.75, 3.05) is 13.2 Å². The first-order chi connectivity index (χ1) is 9.13. The highest BCUT2D eigenvalue weighted by Crippen LogP contribution is 2.48. The summed E-state index contributed by atoms with van der Waals surface area (Å²) in [5.74, 6) is 0.0316. The molecular weight excluding hydrogens is 275 g/mol. The molecule has 110 valence electrons. The summed E-state index contributed by atoms with van der Waals surface area (Å²) >= 11 is 1.58. The van der Waals surface area contributed by atoms with Crippen LogP contribution < -0.4 is 5.73 Å². The molecule has 1 saturated heterocycles. The van der Waals surface area contributed by atoms with Gasteiger partial charge in [-0.25, -0.2) is 9.38 Å². The van der Waals surface area contributed by atoms with Crippen LogP contribution in [0.25, 0.3) is 0 Å². The van der Waals surface area contributed by atoms with Gasteiger partial charge >= 0.3 is 0 Å². The number of nitrogens with two attached hydrogens (primary N) is 1. The van der Waals surface area contributed by atoms with Gasteiger partial charge in [0.2, 0.25) is 0 Å². The van der Waals surface area contributed by atoms with Gasteiger partial charge in [-0.3, -0.25) is 0 Å². The lowest BCUT2D eigenvalue weighted by atomic mass is 9.74. The minimum atomic E-state index is -0.654. The molecule has 3 nitrogen and oxygen atoms in total. The number of fused-ring (bicyclic) bond motifs is 1. The van der Waals surface area contributed by atoms with Crippen LogP contribution in [0.3, 0.4) is 0 Å². The summed E-state index contributed by atoms with van der Waals surface area (Å²) in [5, 5.41) is 0.846. The molecule has 1 fully saturated rings. The van der Waals surface area contributed by atoms with Crippen LogP contribution in [-0.4, -0.2) is 23.6 Å². The van der Waals surface area contributed by atoms with E-state index in [1.807, 2.05) is 6.07 Å². The Morgan fingerprint density at radius 3 is 2.95 bits per heavy atom. The van der Waals surface area contributed by atoms with Crippen LogP contribution in [-0.2, 0) is 10.3 Å². The zero-order chi connectivity index (χ0) is 13.5. The van der Waals surface area contributed by atoms with Crippen LogP contribution >= 0.6 is 11.8 Å². The lowest BCUT2D eigenvalue weighted by Gasteiger charge is -2.46. The summed E-state index contributed by atoms with van der Waals surface area (Å²) in [4.78, 5) is 4.61. The van der Waals surface area contributed by atoms with Crippen molar-refractivity contribution in [1.29, 1.82) is 0 Å². The van der Waals surface area contributed by atoms with Crippen molar-refractivity contribution in [3.05, 3.63) is 35.6 Å². The van der Waals surface area contributed by atoms with Gasteiger partial charge in [-0.2, -0.15) is 0 Å².